The Kier molecular flexibility index (Phi) is 5.09. The molecule has 0 spiro atoms. The lowest BCUT2D eigenvalue weighted by Crippen LogP contribution is -2.30. The van der Waals surface area contributed by atoms with Gasteiger partial charge in [0, 0.05) is 27.7 Å². The highest BCUT2D eigenvalue weighted by molar-refractivity contribution is 7.22. The summed E-state index contributed by atoms with van der Waals surface area (Å²) in [4.78, 5) is 20.4. The monoisotopic (exact) mass is 408 g/mol. The van der Waals surface area contributed by atoms with Crippen LogP contribution in [-0.4, -0.2) is 17.4 Å². The Morgan fingerprint density at radius 2 is 1.89 bits per heavy atom. The van der Waals surface area contributed by atoms with Crippen molar-refractivity contribution < 1.29 is 4.79 Å². The third-order valence-corrected chi connectivity index (χ3v) is 6.45. The minimum atomic E-state index is 0.00136. The van der Waals surface area contributed by atoms with Crippen LogP contribution in [0.1, 0.15) is 34.6 Å². The van der Waals surface area contributed by atoms with Gasteiger partial charge in [-0.05, 0) is 50.1 Å². The van der Waals surface area contributed by atoms with Crippen molar-refractivity contribution in [3.63, 3.8) is 0 Å². The summed E-state index contributed by atoms with van der Waals surface area (Å²) >= 11 is 7.94. The fourth-order valence-corrected chi connectivity index (χ4v) is 5.00. The van der Waals surface area contributed by atoms with Crippen LogP contribution in [0.25, 0.3) is 21.0 Å². The molecule has 5 heteroatoms. The second-order valence-corrected chi connectivity index (χ2v) is 8.22. The summed E-state index contributed by atoms with van der Waals surface area (Å²) in [5.74, 6) is 0.00136. The van der Waals surface area contributed by atoms with Gasteiger partial charge in [-0.1, -0.05) is 48.4 Å². The van der Waals surface area contributed by atoms with E-state index >= 15 is 0 Å². The van der Waals surface area contributed by atoms with Crippen LogP contribution in [0.2, 0.25) is 5.15 Å². The first-order valence-corrected chi connectivity index (χ1v) is 10.6. The van der Waals surface area contributed by atoms with E-state index in [-0.39, 0.29) is 5.91 Å². The van der Waals surface area contributed by atoms with Crippen molar-refractivity contribution >= 4 is 55.5 Å². The number of carbonyl (C=O) groups is 1. The number of benzene rings is 2. The third-order valence-electron chi connectivity index (χ3n) is 5.01. The fraction of sp³-hybridized carbons (Fsp3) is 0.217. The second kappa shape index (κ2) is 7.53. The summed E-state index contributed by atoms with van der Waals surface area (Å²) in [6.07, 6.45) is 0.881. The average molecular weight is 409 g/mol. The van der Waals surface area contributed by atoms with E-state index in [0.29, 0.717) is 16.6 Å². The molecule has 0 saturated carbocycles. The Hall–Kier alpha value is -2.43. The summed E-state index contributed by atoms with van der Waals surface area (Å²) in [6, 6.07) is 16.1. The molecule has 0 N–H and O–H groups in total. The van der Waals surface area contributed by atoms with Crippen molar-refractivity contribution in [2.24, 2.45) is 0 Å². The fourth-order valence-electron chi connectivity index (χ4n) is 3.57. The number of pyridine rings is 1. The molecule has 0 atom stereocenters. The highest BCUT2D eigenvalue weighted by Crippen LogP contribution is 2.37. The number of aryl methyl sites for hydroxylation is 2. The lowest BCUT2D eigenvalue weighted by atomic mass is 10.1. The van der Waals surface area contributed by atoms with Gasteiger partial charge < -0.3 is 4.90 Å². The van der Waals surface area contributed by atoms with Gasteiger partial charge in [0.2, 0.25) is 0 Å². The molecule has 0 aliphatic heterocycles. The topological polar surface area (TPSA) is 33.2 Å². The summed E-state index contributed by atoms with van der Waals surface area (Å²) in [5.41, 5.74) is 4.15. The molecule has 3 nitrogen and oxygen atoms in total. The summed E-state index contributed by atoms with van der Waals surface area (Å²) in [6.45, 7) is 6.78. The number of thiophene rings is 1. The molecule has 1 amide bonds. The second-order valence-electron chi connectivity index (χ2n) is 6.81. The number of fused-ring (bicyclic) bond motifs is 3. The number of anilines is 1. The number of rotatable bonds is 4. The molecule has 0 aliphatic rings. The van der Waals surface area contributed by atoms with E-state index in [1.165, 1.54) is 16.9 Å². The first-order chi connectivity index (χ1) is 13.5. The molecule has 4 aromatic rings. The molecular formula is C23H21ClN2OS. The Balaban J connectivity index is 1.86. The van der Waals surface area contributed by atoms with Crippen molar-refractivity contribution in [2.45, 2.75) is 27.2 Å². The van der Waals surface area contributed by atoms with Gasteiger partial charge in [-0.25, -0.2) is 4.98 Å². The SMILES string of the molecule is CCc1ccccc1N(CC)C(=O)c1cc2c(Cl)nc3ccc(C)cc3c2s1. The predicted molar refractivity (Wildman–Crippen MR) is 120 cm³/mol. The molecule has 0 bridgehead atoms. The molecule has 2 aromatic heterocycles. The van der Waals surface area contributed by atoms with E-state index in [9.17, 15) is 4.79 Å². The van der Waals surface area contributed by atoms with Crippen molar-refractivity contribution in [3.8, 4) is 0 Å². The third kappa shape index (κ3) is 3.17. The van der Waals surface area contributed by atoms with Crippen molar-refractivity contribution in [1.29, 1.82) is 0 Å². The van der Waals surface area contributed by atoms with Crippen LogP contribution in [0.3, 0.4) is 0 Å². The van der Waals surface area contributed by atoms with Gasteiger partial charge in [0.05, 0.1) is 10.4 Å². The number of nitrogens with zero attached hydrogens (tertiary/aromatic N) is 2. The van der Waals surface area contributed by atoms with Gasteiger partial charge >= 0.3 is 0 Å². The molecule has 0 fully saturated rings. The molecule has 2 aromatic carbocycles. The largest absolute Gasteiger partial charge is 0.308 e. The van der Waals surface area contributed by atoms with Crippen LogP contribution in [0, 0.1) is 6.92 Å². The lowest BCUT2D eigenvalue weighted by molar-refractivity contribution is 0.0992. The molecule has 2 heterocycles. The molecule has 4 rings (SSSR count). The zero-order valence-corrected chi connectivity index (χ0v) is 17.7. The predicted octanol–water partition coefficient (Wildman–Crippen LogP) is 6.64. The van der Waals surface area contributed by atoms with Gasteiger partial charge in [0.1, 0.15) is 5.15 Å². The van der Waals surface area contributed by atoms with Crippen molar-refractivity contribution in [3.05, 3.63) is 69.7 Å². The number of hydrogen-bond acceptors (Lipinski definition) is 3. The maximum Gasteiger partial charge on any atom is 0.268 e. The molecule has 0 radical (unpaired) electrons. The number of hydrogen-bond donors (Lipinski definition) is 0. The van der Waals surface area contributed by atoms with Crippen LogP contribution in [0.15, 0.2) is 48.5 Å². The minimum Gasteiger partial charge on any atom is -0.308 e. The van der Waals surface area contributed by atoms with Gasteiger partial charge in [0.15, 0.2) is 0 Å². The van der Waals surface area contributed by atoms with E-state index in [1.807, 2.05) is 48.2 Å². The first-order valence-electron chi connectivity index (χ1n) is 9.42. The van der Waals surface area contributed by atoms with Gasteiger partial charge in [0.25, 0.3) is 5.91 Å². The number of amides is 1. The summed E-state index contributed by atoms with van der Waals surface area (Å²) in [5, 5.41) is 2.33. The Morgan fingerprint density at radius 1 is 1.11 bits per heavy atom. The number of halogens is 1. The minimum absolute atomic E-state index is 0.00136. The first kappa shape index (κ1) is 18.9. The maximum atomic E-state index is 13.4. The zero-order valence-electron chi connectivity index (χ0n) is 16.1. The van der Waals surface area contributed by atoms with E-state index in [0.717, 1.165) is 38.7 Å². The van der Waals surface area contributed by atoms with E-state index < -0.39 is 0 Å². The highest BCUT2D eigenvalue weighted by atomic mass is 35.5. The molecule has 0 aliphatic carbocycles. The van der Waals surface area contributed by atoms with E-state index in [1.54, 1.807) is 0 Å². The molecule has 28 heavy (non-hydrogen) atoms. The van der Waals surface area contributed by atoms with E-state index in [2.05, 4.69) is 31.0 Å². The lowest BCUT2D eigenvalue weighted by Gasteiger charge is -2.23. The van der Waals surface area contributed by atoms with Crippen LogP contribution >= 0.6 is 22.9 Å². The summed E-state index contributed by atoms with van der Waals surface area (Å²) < 4.78 is 1.02. The van der Waals surface area contributed by atoms with Gasteiger partial charge in [-0.3, -0.25) is 4.79 Å². The van der Waals surface area contributed by atoms with Crippen LogP contribution < -0.4 is 4.90 Å². The normalized spacial score (nSPS) is 11.3. The van der Waals surface area contributed by atoms with Crippen LogP contribution in [0.4, 0.5) is 5.69 Å². The maximum absolute atomic E-state index is 13.4. The average Bonchev–Trinajstić information content (AvgIpc) is 3.16. The summed E-state index contributed by atoms with van der Waals surface area (Å²) in [7, 11) is 0. The number of para-hydroxylation sites is 1. The van der Waals surface area contributed by atoms with E-state index in [4.69, 9.17) is 11.6 Å². The smallest absolute Gasteiger partial charge is 0.268 e. The van der Waals surface area contributed by atoms with Gasteiger partial charge in [-0.2, -0.15) is 0 Å². The molecule has 0 saturated heterocycles. The Morgan fingerprint density at radius 3 is 2.64 bits per heavy atom. The van der Waals surface area contributed by atoms with Crippen molar-refractivity contribution in [1.82, 2.24) is 4.98 Å². The molecule has 0 unspecified atom stereocenters. The quantitative estimate of drug-likeness (QED) is 0.354. The van der Waals surface area contributed by atoms with Crippen LogP contribution in [0.5, 0.6) is 0 Å². The highest BCUT2D eigenvalue weighted by Gasteiger charge is 2.22. The standard InChI is InChI=1S/C23H21ClN2OS/c1-4-15-8-6-7-9-19(15)26(5-2)23(27)20-13-17-21(28-20)16-12-14(3)10-11-18(16)25-22(17)24/h6-13H,4-5H2,1-3H3. The number of aromatic nitrogens is 1. The number of carbonyl (C=O) groups excluding carboxylic acids is 1. The van der Waals surface area contributed by atoms with Crippen molar-refractivity contribution in [2.75, 3.05) is 11.4 Å². The van der Waals surface area contributed by atoms with Crippen LogP contribution in [-0.2, 0) is 6.42 Å². The zero-order chi connectivity index (χ0) is 19.8. The molecule has 142 valence electrons. The Labute approximate surface area is 173 Å². The van der Waals surface area contributed by atoms with Gasteiger partial charge in [-0.15, -0.1) is 11.3 Å². The Bertz CT molecular complexity index is 1200. The molecular weight excluding hydrogens is 388 g/mol.